The maximum atomic E-state index is 10.9. The Hall–Kier alpha value is -0.830. The number of esters is 1. The van der Waals surface area contributed by atoms with Gasteiger partial charge in [-0.25, -0.2) is 4.79 Å². The average molecular weight is 172 g/mol. The van der Waals surface area contributed by atoms with Crippen molar-refractivity contribution in [1.82, 2.24) is 0 Å². The summed E-state index contributed by atoms with van der Waals surface area (Å²) < 4.78 is 4.42. The molecule has 1 atom stereocenters. The van der Waals surface area contributed by atoms with E-state index in [1.54, 1.807) is 0 Å². The minimum Gasteiger partial charge on any atom is -0.466 e. The van der Waals surface area contributed by atoms with Crippen LogP contribution < -0.4 is 0 Å². The second-order valence-electron chi connectivity index (χ2n) is 3.16. The van der Waals surface area contributed by atoms with E-state index in [-0.39, 0.29) is 5.57 Å². The van der Waals surface area contributed by atoms with Crippen molar-refractivity contribution in [3.63, 3.8) is 0 Å². The summed E-state index contributed by atoms with van der Waals surface area (Å²) in [4.78, 5) is 10.9. The number of hydrogen-bond donors (Lipinski definition) is 1. The van der Waals surface area contributed by atoms with Gasteiger partial charge in [-0.3, -0.25) is 0 Å². The molecule has 0 aliphatic rings. The van der Waals surface area contributed by atoms with Crippen LogP contribution in [0.1, 0.15) is 20.3 Å². The Bertz CT molecular complexity index is 173. The summed E-state index contributed by atoms with van der Waals surface area (Å²) in [5.74, 6) is -0.204. The van der Waals surface area contributed by atoms with Gasteiger partial charge in [-0.2, -0.15) is 0 Å². The second-order valence-corrected chi connectivity index (χ2v) is 3.16. The molecule has 0 amide bonds. The van der Waals surface area contributed by atoms with E-state index in [2.05, 4.69) is 11.3 Å². The Morgan fingerprint density at radius 2 is 2.08 bits per heavy atom. The third-order valence-corrected chi connectivity index (χ3v) is 1.54. The molecule has 0 fully saturated rings. The molecule has 0 aliphatic carbocycles. The highest BCUT2D eigenvalue weighted by atomic mass is 16.5. The van der Waals surface area contributed by atoms with E-state index in [1.165, 1.54) is 7.11 Å². The highest BCUT2D eigenvalue weighted by Crippen LogP contribution is 2.11. The molecule has 70 valence electrons. The molecule has 1 N–H and O–H groups in total. The Morgan fingerprint density at radius 1 is 1.58 bits per heavy atom. The van der Waals surface area contributed by atoms with Gasteiger partial charge in [0.25, 0.3) is 0 Å². The lowest BCUT2D eigenvalue weighted by molar-refractivity contribution is -0.137. The predicted molar refractivity (Wildman–Crippen MR) is 46.6 cm³/mol. The lowest BCUT2D eigenvalue weighted by Crippen LogP contribution is -2.19. The maximum Gasteiger partial charge on any atom is 0.335 e. The number of hydrogen-bond acceptors (Lipinski definition) is 3. The molecule has 0 radical (unpaired) electrons. The van der Waals surface area contributed by atoms with Crippen molar-refractivity contribution in [3.05, 3.63) is 12.2 Å². The first-order chi connectivity index (χ1) is 5.49. The Balaban J connectivity index is 4.01. The van der Waals surface area contributed by atoms with Crippen molar-refractivity contribution >= 4 is 5.97 Å². The van der Waals surface area contributed by atoms with Gasteiger partial charge < -0.3 is 9.84 Å². The Labute approximate surface area is 73.0 Å². The van der Waals surface area contributed by atoms with Crippen LogP contribution >= 0.6 is 0 Å². The smallest absolute Gasteiger partial charge is 0.335 e. The fourth-order valence-corrected chi connectivity index (χ4v) is 0.856. The van der Waals surface area contributed by atoms with Gasteiger partial charge in [0.2, 0.25) is 0 Å². The highest BCUT2D eigenvalue weighted by Gasteiger charge is 2.17. The van der Waals surface area contributed by atoms with Gasteiger partial charge in [-0.1, -0.05) is 20.4 Å². The predicted octanol–water partition coefficient (Wildman–Crippen LogP) is 1.12. The van der Waals surface area contributed by atoms with Gasteiger partial charge in [-0.05, 0) is 12.3 Å². The maximum absolute atomic E-state index is 10.9. The first-order valence-electron chi connectivity index (χ1n) is 3.94. The molecule has 0 aromatic heterocycles. The summed E-state index contributed by atoms with van der Waals surface area (Å²) >= 11 is 0. The van der Waals surface area contributed by atoms with Gasteiger partial charge >= 0.3 is 5.97 Å². The number of carbonyl (C=O) groups excluding carboxylic acids is 1. The molecular weight excluding hydrogens is 156 g/mol. The largest absolute Gasteiger partial charge is 0.466 e. The number of methoxy groups -OCH3 is 1. The molecular formula is C9H16O3. The average Bonchev–Trinajstić information content (AvgIpc) is 2.00. The van der Waals surface area contributed by atoms with E-state index in [1.807, 2.05) is 13.8 Å². The van der Waals surface area contributed by atoms with Crippen LogP contribution in [0.5, 0.6) is 0 Å². The molecule has 0 heterocycles. The lowest BCUT2D eigenvalue weighted by Gasteiger charge is -2.13. The minimum atomic E-state index is -0.780. The monoisotopic (exact) mass is 172 g/mol. The molecule has 0 aromatic rings. The van der Waals surface area contributed by atoms with Gasteiger partial charge in [-0.15, -0.1) is 0 Å². The van der Waals surface area contributed by atoms with Crippen molar-refractivity contribution in [2.45, 2.75) is 26.4 Å². The van der Waals surface area contributed by atoms with Crippen molar-refractivity contribution in [2.24, 2.45) is 5.92 Å². The molecule has 12 heavy (non-hydrogen) atoms. The molecule has 0 saturated heterocycles. The third-order valence-electron chi connectivity index (χ3n) is 1.54. The summed E-state index contributed by atoms with van der Waals surface area (Å²) in [7, 11) is 1.27. The number of aliphatic hydroxyl groups excluding tert-OH is 1. The molecule has 0 aromatic carbocycles. The topological polar surface area (TPSA) is 46.5 Å². The standard InChI is InChI=1S/C9H16O3/c1-6(2)5-8(10)7(3)9(11)12-4/h6,8,10H,3,5H2,1-2,4H3/t8-/m1/s1. The summed E-state index contributed by atoms with van der Waals surface area (Å²) in [6, 6.07) is 0. The Morgan fingerprint density at radius 3 is 2.42 bits per heavy atom. The van der Waals surface area contributed by atoms with Crippen LogP contribution in [0.25, 0.3) is 0 Å². The van der Waals surface area contributed by atoms with E-state index >= 15 is 0 Å². The van der Waals surface area contributed by atoms with Crippen LogP contribution in [0.4, 0.5) is 0 Å². The molecule has 0 bridgehead atoms. The highest BCUT2D eigenvalue weighted by molar-refractivity contribution is 5.88. The number of ether oxygens (including phenoxy) is 1. The van der Waals surface area contributed by atoms with E-state index in [4.69, 9.17) is 0 Å². The SMILES string of the molecule is C=C(C(=O)OC)[C@H](O)CC(C)C. The molecule has 0 spiro atoms. The summed E-state index contributed by atoms with van der Waals surface area (Å²) in [6.45, 7) is 7.39. The van der Waals surface area contributed by atoms with Gasteiger partial charge in [0, 0.05) is 0 Å². The third kappa shape index (κ3) is 3.53. The molecule has 0 unspecified atom stereocenters. The normalized spacial score (nSPS) is 12.8. The van der Waals surface area contributed by atoms with Crippen molar-refractivity contribution < 1.29 is 14.6 Å². The van der Waals surface area contributed by atoms with E-state index in [0.29, 0.717) is 12.3 Å². The van der Waals surface area contributed by atoms with Crippen molar-refractivity contribution in [3.8, 4) is 0 Å². The number of rotatable bonds is 4. The van der Waals surface area contributed by atoms with Gasteiger partial charge in [0.05, 0.1) is 18.8 Å². The van der Waals surface area contributed by atoms with Crippen LogP contribution in [0.2, 0.25) is 0 Å². The van der Waals surface area contributed by atoms with Crippen LogP contribution in [-0.2, 0) is 9.53 Å². The van der Waals surface area contributed by atoms with Crippen molar-refractivity contribution in [2.75, 3.05) is 7.11 Å². The van der Waals surface area contributed by atoms with Crippen LogP contribution in [0.15, 0.2) is 12.2 Å². The number of aliphatic hydroxyl groups is 1. The van der Waals surface area contributed by atoms with Crippen molar-refractivity contribution in [1.29, 1.82) is 0 Å². The fourth-order valence-electron chi connectivity index (χ4n) is 0.856. The minimum absolute atomic E-state index is 0.131. The fraction of sp³-hybridized carbons (Fsp3) is 0.667. The molecule has 0 saturated carbocycles. The first kappa shape index (κ1) is 11.2. The molecule has 3 heteroatoms. The van der Waals surface area contributed by atoms with E-state index < -0.39 is 12.1 Å². The van der Waals surface area contributed by atoms with Gasteiger partial charge in [0.15, 0.2) is 0 Å². The molecule has 3 nitrogen and oxygen atoms in total. The number of carbonyl (C=O) groups is 1. The van der Waals surface area contributed by atoms with Crippen LogP contribution in [0, 0.1) is 5.92 Å². The zero-order valence-electron chi connectivity index (χ0n) is 7.83. The Kier molecular flexibility index (Phi) is 4.59. The van der Waals surface area contributed by atoms with Crippen LogP contribution in [0.3, 0.4) is 0 Å². The van der Waals surface area contributed by atoms with E-state index in [0.717, 1.165) is 0 Å². The zero-order valence-corrected chi connectivity index (χ0v) is 7.83. The quantitative estimate of drug-likeness (QED) is 0.510. The van der Waals surface area contributed by atoms with Gasteiger partial charge in [0.1, 0.15) is 0 Å². The summed E-state index contributed by atoms with van der Waals surface area (Å²) in [5, 5.41) is 9.39. The molecule has 0 aliphatic heterocycles. The zero-order chi connectivity index (χ0) is 9.72. The van der Waals surface area contributed by atoms with Crippen LogP contribution in [-0.4, -0.2) is 24.3 Å². The lowest BCUT2D eigenvalue weighted by atomic mass is 10.0. The molecule has 0 rings (SSSR count). The van der Waals surface area contributed by atoms with E-state index in [9.17, 15) is 9.90 Å². The summed E-state index contributed by atoms with van der Waals surface area (Å²) in [6.07, 6.45) is -0.244. The second kappa shape index (κ2) is 4.93. The first-order valence-corrected chi connectivity index (χ1v) is 3.94. The summed E-state index contributed by atoms with van der Waals surface area (Å²) in [5.41, 5.74) is 0.131.